The van der Waals surface area contributed by atoms with Crippen LogP contribution in [-0.2, 0) is 4.79 Å². The fourth-order valence-corrected chi connectivity index (χ4v) is 3.11. The Labute approximate surface area is 73.5 Å². The van der Waals surface area contributed by atoms with Crippen molar-refractivity contribution in [1.82, 2.24) is 0 Å². The van der Waals surface area contributed by atoms with Gasteiger partial charge in [0.05, 0.1) is 0 Å². The minimum atomic E-state index is -0.177. The lowest BCUT2D eigenvalue weighted by molar-refractivity contribution is -0.129. The zero-order valence-corrected chi connectivity index (χ0v) is 7.68. The minimum absolute atomic E-state index is 0.0842. The number of rotatable bonds is 1. The van der Waals surface area contributed by atoms with E-state index in [1.807, 2.05) is 6.92 Å². The molecule has 2 rings (SSSR count). The van der Waals surface area contributed by atoms with E-state index < -0.39 is 0 Å². The number of fused-ring (bicyclic) bond motifs is 2. The number of amides is 1. The largest absolute Gasteiger partial charge is 0.369 e. The van der Waals surface area contributed by atoms with E-state index in [1.165, 1.54) is 19.3 Å². The Hall–Kier alpha value is -0.530. The summed E-state index contributed by atoms with van der Waals surface area (Å²) in [4.78, 5) is 11.2. The van der Waals surface area contributed by atoms with Crippen molar-refractivity contribution in [2.45, 2.75) is 39.0 Å². The average Bonchev–Trinajstić information content (AvgIpc) is 2.30. The van der Waals surface area contributed by atoms with Crippen molar-refractivity contribution in [3.05, 3.63) is 0 Å². The third-order valence-electron chi connectivity index (χ3n) is 3.72. The van der Waals surface area contributed by atoms with Crippen LogP contribution in [0.3, 0.4) is 0 Å². The van der Waals surface area contributed by atoms with Crippen LogP contribution in [0.2, 0.25) is 0 Å². The molecule has 12 heavy (non-hydrogen) atoms. The second-order valence-electron chi connectivity index (χ2n) is 4.88. The van der Waals surface area contributed by atoms with E-state index in [9.17, 15) is 4.79 Å². The van der Waals surface area contributed by atoms with Crippen LogP contribution in [0.15, 0.2) is 0 Å². The predicted octanol–water partition coefficient (Wildman–Crippen LogP) is 1.69. The molecule has 2 nitrogen and oxygen atoms in total. The third-order valence-corrected chi connectivity index (χ3v) is 3.72. The van der Waals surface area contributed by atoms with Crippen LogP contribution in [0.5, 0.6) is 0 Å². The van der Waals surface area contributed by atoms with Crippen molar-refractivity contribution in [2.75, 3.05) is 0 Å². The quantitative estimate of drug-likeness (QED) is 0.634. The highest BCUT2D eigenvalue weighted by Gasteiger charge is 2.44. The lowest BCUT2D eigenvalue weighted by atomic mass is 9.70. The van der Waals surface area contributed by atoms with Crippen molar-refractivity contribution in [3.63, 3.8) is 0 Å². The van der Waals surface area contributed by atoms with Gasteiger partial charge in [-0.05, 0) is 31.1 Å². The van der Waals surface area contributed by atoms with Gasteiger partial charge in [-0.15, -0.1) is 0 Å². The van der Waals surface area contributed by atoms with Crippen LogP contribution < -0.4 is 5.73 Å². The molecule has 0 aromatic heterocycles. The second kappa shape index (κ2) is 2.48. The van der Waals surface area contributed by atoms with Gasteiger partial charge in [0, 0.05) is 5.41 Å². The molecule has 0 aromatic rings. The Balaban J connectivity index is 2.15. The highest BCUT2D eigenvalue weighted by atomic mass is 16.1. The van der Waals surface area contributed by atoms with Crippen LogP contribution >= 0.6 is 0 Å². The third kappa shape index (κ3) is 1.13. The molecular weight excluding hydrogens is 150 g/mol. The normalized spacial score (nSPS) is 46.1. The summed E-state index contributed by atoms with van der Waals surface area (Å²) in [6.07, 6.45) is 6.08. The Kier molecular flexibility index (Phi) is 1.67. The van der Waals surface area contributed by atoms with E-state index in [0.29, 0.717) is 0 Å². The molecule has 0 spiro atoms. The Morgan fingerprint density at radius 1 is 1.33 bits per heavy atom. The van der Waals surface area contributed by atoms with Gasteiger partial charge in [-0.2, -0.15) is 0 Å². The fraction of sp³-hybridized carbons (Fsp3) is 0.900. The zero-order chi connectivity index (χ0) is 8.77. The van der Waals surface area contributed by atoms with Gasteiger partial charge in [0.25, 0.3) is 0 Å². The van der Waals surface area contributed by atoms with E-state index in [-0.39, 0.29) is 11.3 Å². The molecule has 0 radical (unpaired) electrons. The molecule has 0 aromatic carbocycles. The summed E-state index contributed by atoms with van der Waals surface area (Å²) in [5.41, 5.74) is 5.24. The van der Waals surface area contributed by atoms with Crippen molar-refractivity contribution in [3.8, 4) is 0 Å². The van der Waals surface area contributed by atoms with Gasteiger partial charge < -0.3 is 5.73 Å². The van der Waals surface area contributed by atoms with Crippen LogP contribution in [0.4, 0.5) is 0 Å². The molecule has 1 amide bonds. The van der Waals surface area contributed by atoms with Crippen molar-refractivity contribution in [2.24, 2.45) is 23.0 Å². The zero-order valence-electron chi connectivity index (χ0n) is 7.68. The summed E-state index contributed by atoms with van der Waals surface area (Å²) in [7, 11) is 0. The molecule has 2 heteroatoms. The SMILES string of the molecule is CC1(C(N)=O)CC2CCC(C2)C1. The second-order valence-corrected chi connectivity index (χ2v) is 4.88. The van der Waals surface area contributed by atoms with Gasteiger partial charge in [0.1, 0.15) is 0 Å². The number of hydrogen-bond acceptors (Lipinski definition) is 1. The fourth-order valence-electron chi connectivity index (χ4n) is 3.11. The maximum absolute atomic E-state index is 11.2. The van der Waals surface area contributed by atoms with Crippen molar-refractivity contribution >= 4 is 5.91 Å². The Morgan fingerprint density at radius 2 is 1.83 bits per heavy atom. The molecule has 2 aliphatic rings. The molecule has 0 heterocycles. The summed E-state index contributed by atoms with van der Waals surface area (Å²) in [5, 5.41) is 0. The van der Waals surface area contributed by atoms with E-state index in [2.05, 4.69) is 0 Å². The van der Waals surface area contributed by atoms with Crippen LogP contribution in [-0.4, -0.2) is 5.91 Å². The van der Waals surface area contributed by atoms with Gasteiger partial charge in [-0.3, -0.25) is 4.79 Å². The first kappa shape index (κ1) is 8.09. The number of carbonyl (C=O) groups is 1. The lowest BCUT2D eigenvalue weighted by Crippen LogP contribution is -2.39. The van der Waals surface area contributed by atoms with Gasteiger partial charge in [0.15, 0.2) is 0 Å². The maximum Gasteiger partial charge on any atom is 0.223 e. The van der Waals surface area contributed by atoms with Crippen molar-refractivity contribution in [1.29, 1.82) is 0 Å². The van der Waals surface area contributed by atoms with Gasteiger partial charge >= 0.3 is 0 Å². The highest BCUT2D eigenvalue weighted by Crippen LogP contribution is 2.50. The first-order valence-corrected chi connectivity index (χ1v) is 4.90. The summed E-state index contributed by atoms with van der Waals surface area (Å²) in [6.45, 7) is 2.04. The molecule has 2 fully saturated rings. The van der Waals surface area contributed by atoms with E-state index in [1.54, 1.807) is 0 Å². The standard InChI is InChI=1S/C10H17NO/c1-10(9(11)12)5-7-2-3-8(4-7)6-10/h7-8H,2-6H2,1H3,(H2,11,12). The van der Waals surface area contributed by atoms with Crippen LogP contribution in [0, 0.1) is 17.3 Å². The molecule has 2 N–H and O–H groups in total. The van der Waals surface area contributed by atoms with Crippen LogP contribution in [0.1, 0.15) is 39.0 Å². The highest BCUT2D eigenvalue weighted by molar-refractivity contribution is 5.80. The molecule has 0 aliphatic heterocycles. The molecule has 2 saturated carbocycles. The summed E-state index contributed by atoms with van der Waals surface area (Å²) >= 11 is 0. The molecule has 2 aliphatic carbocycles. The first-order valence-electron chi connectivity index (χ1n) is 4.90. The number of carbonyl (C=O) groups excluding carboxylic acids is 1. The topological polar surface area (TPSA) is 43.1 Å². The maximum atomic E-state index is 11.2. The molecule has 2 unspecified atom stereocenters. The minimum Gasteiger partial charge on any atom is -0.369 e. The molecule has 0 saturated heterocycles. The van der Waals surface area contributed by atoms with E-state index >= 15 is 0 Å². The van der Waals surface area contributed by atoms with Gasteiger partial charge in [-0.25, -0.2) is 0 Å². The lowest BCUT2D eigenvalue weighted by Gasteiger charge is -2.34. The van der Waals surface area contributed by atoms with Gasteiger partial charge in [0.2, 0.25) is 5.91 Å². The number of hydrogen-bond donors (Lipinski definition) is 1. The van der Waals surface area contributed by atoms with E-state index in [0.717, 1.165) is 24.7 Å². The van der Waals surface area contributed by atoms with Crippen molar-refractivity contribution < 1.29 is 4.79 Å². The monoisotopic (exact) mass is 167 g/mol. The van der Waals surface area contributed by atoms with Crippen LogP contribution in [0.25, 0.3) is 0 Å². The molecule has 2 atom stereocenters. The predicted molar refractivity (Wildman–Crippen MR) is 47.4 cm³/mol. The Bertz CT molecular complexity index is 200. The van der Waals surface area contributed by atoms with Gasteiger partial charge in [-0.1, -0.05) is 19.8 Å². The smallest absolute Gasteiger partial charge is 0.223 e. The summed E-state index contributed by atoms with van der Waals surface area (Å²) in [6, 6.07) is 0. The molecular formula is C10H17NO. The molecule has 2 bridgehead atoms. The number of primary amides is 1. The Morgan fingerprint density at radius 3 is 2.25 bits per heavy atom. The van der Waals surface area contributed by atoms with E-state index in [4.69, 9.17) is 5.73 Å². The summed E-state index contributed by atoms with van der Waals surface area (Å²) < 4.78 is 0. The summed E-state index contributed by atoms with van der Waals surface area (Å²) in [5.74, 6) is 1.50. The number of nitrogens with two attached hydrogens (primary N) is 1. The first-order chi connectivity index (χ1) is 5.60. The average molecular weight is 167 g/mol. The molecule has 68 valence electrons.